The predicted molar refractivity (Wildman–Crippen MR) is 78.4 cm³/mol. The number of rotatable bonds is 4. The van der Waals surface area contributed by atoms with Crippen molar-refractivity contribution < 1.29 is 4.39 Å². The third kappa shape index (κ3) is 3.75. The first-order valence-corrected chi connectivity index (χ1v) is 7.27. The molecule has 2 nitrogen and oxygen atoms in total. The molecule has 0 spiro atoms. The molecule has 0 saturated heterocycles. The van der Waals surface area contributed by atoms with Gasteiger partial charge >= 0.3 is 0 Å². The Labute approximate surface area is 121 Å². The molecule has 0 saturated carbocycles. The number of thiazole rings is 1. The van der Waals surface area contributed by atoms with Gasteiger partial charge in [0, 0.05) is 22.4 Å². The lowest BCUT2D eigenvalue weighted by Crippen LogP contribution is -2.25. The predicted octanol–water partition coefficient (Wildman–Crippen LogP) is 3.66. The lowest BCUT2D eigenvalue weighted by molar-refractivity contribution is 0.623. The minimum Gasteiger partial charge on any atom is -0.327 e. The number of benzene rings is 1. The van der Waals surface area contributed by atoms with Gasteiger partial charge in [-0.25, -0.2) is 9.37 Å². The smallest absolute Gasteiger partial charge is 0.124 e. The summed E-state index contributed by atoms with van der Waals surface area (Å²) >= 11 is 7.67. The summed E-state index contributed by atoms with van der Waals surface area (Å²) in [6.45, 7) is 4.05. The third-order valence-electron chi connectivity index (χ3n) is 3.01. The van der Waals surface area contributed by atoms with Gasteiger partial charge in [-0.15, -0.1) is 11.3 Å². The standard InChI is InChI=1S/C14H16ClFN2S/c1-8-9(2)19-14(18-8)7-12(17)5-10-3-4-11(16)6-13(10)15/h3-4,6,12H,5,7,17H2,1-2H3. The highest BCUT2D eigenvalue weighted by atomic mass is 35.5. The number of halogens is 2. The van der Waals surface area contributed by atoms with Crippen LogP contribution in [0.4, 0.5) is 4.39 Å². The number of hydrogen-bond donors (Lipinski definition) is 1. The second kappa shape index (κ2) is 5.99. The van der Waals surface area contributed by atoms with Crippen LogP contribution in [0, 0.1) is 19.7 Å². The number of hydrogen-bond acceptors (Lipinski definition) is 3. The normalized spacial score (nSPS) is 12.7. The monoisotopic (exact) mass is 298 g/mol. The van der Waals surface area contributed by atoms with Crippen LogP contribution in [0.25, 0.3) is 0 Å². The van der Waals surface area contributed by atoms with Gasteiger partial charge in [-0.1, -0.05) is 17.7 Å². The summed E-state index contributed by atoms with van der Waals surface area (Å²) in [4.78, 5) is 5.70. The quantitative estimate of drug-likeness (QED) is 0.935. The summed E-state index contributed by atoms with van der Waals surface area (Å²) in [5.41, 5.74) is 8.06. The van der Waals surface area contributed by atoms with Crippen LogP contribution in [0.1, 0.15) is 21.1 Å². The Morgan fingerprint density at radius 1 is 1.37 bits per heavy atom. The lowest BCUT2D eigenvalue weighted by Gasteiger charge is -2.11. The van der Waals surface area contributed by atoms with Gasteiger partial charge in [0.2, 0.25) is 0 Å². The molecule has 1 aromatic carbocycles. The molecule has 2 rings (SSSR count). The van der Waals surface area contributed by atoms with Gasteiger partial charge in [0.25, 0.3) is 0 Å². The van der Waals surface area contributed by atoms with Crippen molar-refractivity contribution in [2.24, 2.45) is 5.73 Å². The van der Waals surface area contributed by atoms with E-state index in [2.05, 4.69) is 11.9 Å². The molecule has 0 bridgehead atoms. The van der Waals surface area contributed by atoms with E-state index >= 15 is 0 Å². The zero-order chi connectivity index (χ0) is 14.0. The van der Waals surface area contributed by atoms with Crippen LogP contribution in [0.2, 0.25) is 5.02 Å². The van der Waals surface area contributed by atoms with E-state index in [1.165, 1.54) is 17.0 Å². The zero-order valence-electron chi connectivity index (χ0n) is 10.9. The fourth-order valence-corrected chi connectivity index (χ4v) is 3.16. The highest BCUT2D eigenvalue weighted by Gasteiger charge is 2.12. The van der Waals surface area contributed by atoms with Crippen molar-refractivity contribution in [3.8, 4) is 0 Å². The van der Waals surface area contributed by atoms with Crippen LogP contribution < -0.4 is 5.73 Å². The van der Waals surface area contributed by atoms with Crippen LogP contribution in [0.3, 0.4) is 0 Å². The molecule has 0 aliphatic heterocycles. The maximum absolute atomic E-state index is 13.0. The maximum atomic E-state index is 13.0. The summed E-state index contributed by atoms with van der Waals surface area (Å²) in [6.07, 6.45) is 1.34. The van der Waals surface area contributed by atoms with E-state index < -0.39 is 0 Å². The van der Waals surface area contributed by atoms with Crippen LogP contribution in [0.5, 0.6) is 0 Å². The van der Waals surface area contributed by atoms with Gasteiger partial charge in [-0.2, -0.15) is 0 Å². The molecule has 0 radical (unpaired) electrons. The second-order valence-electron chi connectivity index (χ2n) is 4.65. The molecule has 1 atom stereocenters. The SMILES string of the molecule is Cc1nc(CC(N)Cc2ccc(F)cc2Cl)sc1C. The van der Waals surface area contributed by atoms with Crippen LogP contribution in [-0.2, 0) is 12.8 Å². The Morgan fingerprint density at radius 3 is 2.68 bits per heavy atom. The summed E-state index contributed by atoms with van der Waals surface area (Å²) in [5, 5.41) is 1.47. The van der Waals surface area contributed by atoms with Gasteiger partial charge in [0.1, 0.15) is 5.82 Å². The van der Waals surface area contributed by atoms with Crippen molar-refractivity contribution in [3.63, 3.8) is 0 Å². The molecule has 0 fully saturated rings. The van der Waals surface area contributed by atoms with Crippen molar-refractivity contribution in [1.82, 2.24) is 4.98 Å². The summed E-state index contributed by atoms with van der Waals surface area (Å²) in [5.74, 6) is -0.325. The van der Waals surface area contributed by atoms with Crippen LogP contribution >= 0.6 is 22.9 Å². The molecule has 5 heteroatoms. The summed E-state index contributed by atoms with van der Waals surface area (Å²) in [7, 11) is 0. The number of nitrogens with two attached hydrogens (primary N) is 1. The molecule has 19 heavy (non-hydrogen) atoms. The van der Waals surface area contributed by atoms with Crippen molar-refractivity contribution >= 4 is 22.9 Å². The third-order valence-corrected chi connectivity index (χ3v) is 4.45. The average molecular weight is 299 g/mol. The second-order valence-corrected chi connectivity index (χ2v) is 6.35. The minimum absolute atomic E-state index is 0.0621. The van der Waals surface area contributed by atoms with Gasteiger partial charge in [-0.05, 0) is 38.0 Å². The molecule has 0 aliphatic carbocycles. The fourth-order valence-electron chi connectivity index (χ4n) is 1.89. The first kappa shape index (κ1) is 14.4. The number of aromatic nitrogens is 1. The van der Waals surface area contributed by atoms with E-state index in [-0.39, 0.29) is 11.9 Å². The lowest BCUT2D eigenvalue weighted by atomic mass is 10.0. The molecular formula is C14H16ClFN2S. The van der Waals surface area contributed by atoms with E-state index in [1.54, 1.807) is 17.4 Å². The Kier molecular flexibility index (Phi) is 4.55. The van der Waals surface area contributed by atoms with Crippen LogP contribution in [-0.4, -0.2) is 11.0 Å². The van der Waals surface area contributed by atoms with Crippen molar-refractivity contribution in [2.45, 2.75) is 32.7 Å². The van der Waals surface area contributed by atoms with Gasteiger partial charge in [0.15, 0.2) is 0 Å². The Balaban J connectivity index is 2.02. The molecule has 0 aliphatic rings. The van der Waals surface area contributed by atoms with E-state index in [0.29, 0.717) is 17.9 Å². The number of aryl methyl sites for hydroxylation is 2. The van der Waals surface area contributed by atoms with Gasteiger partial charge in [-0.3, -0.25) is 0 Å². The molecular weight excluding hydrogens is 283 g/mol. The van der Waals surface area contributed by atoms with E-state index in [1.807, 2.05) is 6.92 Å². The van der Waals surface area contributed by atoms with Gasteiger partial charge < -0.3 is 5.73 Å². The maximum Gasteiger partial charge on any atom is 0.124 e. The Hall–Kier alpha value is -0.970. The molecule has 1 unspecified atom stereocenters. The Bertz CT molecular complexity index is 563. The molecule has 0 amide bonds. The zero-order valence-corrected chi connectivity index (χ0v) is 12.5. The minimum atomic E-state index is -0.325. The molecule has 2 N–H and O–H groups in total. The molecule has 1 heterocycles. The summed E-state index contributed by atoms with van der Waals surface area (Å²) in [6, 6.07) is 4.36. The molecule has 102 valence electrons. The Morgan fingerprint density at radius 2 is 2.11 bits per heavy atom. The van der Waals surface area contributed by atoms with E-state index in [9.17, 15) is 4.39 Å². The molecule has 1 aromatic heterocycles. The number of nitrogens with zero attached hydrogens (tertiary/aromatic N) is 1. The fraction of sp³-hybridized carbons (Fsp3) is 0.357. The van der Waals surface area contributed by atoms with Crippen LogP contribution in [0.15, 0.2) is 18.2 Å². The highest BCUT2D eigenvalue weighted by molar-refractivity contribution is 7.11. The van der Waals surface area contributed by atoms with Crippen molar-refractivity contribution in [2.75, 3.05) is 0 Å². The first-order valence-electron chi connectivity index (χ1n) is 6.08. The largest absolute Gasteiger partial charge is 0.327 e. The van der Waals surface area contributed by atoms with Gasteiger partial charge in [0.05, 0.1) is 10.7 Å². The first-order chi connectivity index (χ1) is 8.95. The van der Waals surface area contributed by atoms with E-state index in [0.717, 1.165) is 16.3 Å². The summed E-state index contributed by atoms with van der Waals surface area (Å²) < 4.78 is 13.0. The van der Waals surface area contributed by atoms with E-state index in [4.69, 9.17) is 17.3 Å². The topological polar surface area (TPSA) is 38.9 Å². The highest BCUT2D eigenvalue weighted by Crippen LogP contribution is 2.21. The average Bonchev–Trinajstić information content (AvgIpc) is 2.62. The molecule has 2 aromatic rings. The van der Waals surface area contributed by atoms with Crippen molar-refractivity contribution in [1.29, 1.82) is 0 Å². The van der Waals surface area contributed by atoms with Crippen molar-refractivity contribution in [3.05, 3.63) is 50.2 Å².